The molecule has 2 heterocycles. The Bertz CT molecular complexity index is 590. The molecule has 1 aliphatic rings. The zero-order valence-corrected chi connectivity index (χ0v) is 11.2. The van der Waals surface area contributed by atoms with Gasteiger partial charge in [0.05, 0.1) is 11.1 Å². The van der Waals surface area contributed by atoms with Gasteiger partial charge in [-0.1, -0.05) is 23.7 Å². The normalized spacial score (nSPS) is 20.2. The quantitative estimate of drug-likeness (QED) is 0.860. The number of carbonyl (C=O) groups excluding carboxylic acids is 1. The van der Waals surface area contributed by atoms with Crippen molar-refractivity contribution in [1.82, 2.24) is 5.32 Å². The molecule has 0 amide bonds. The molecule has 2 aromatic rings. The fourth-order valence-electron chi connectivity index (χ4n) is 2.05. The van der Waals surface area contributed by atoms with Gasteiger partial charge >= 0.3 is 0 Å². The highest BCUT2D eigenvalue weighted by Crippen LogP contribution is 2.27. The lowest BCUT2D eigenvalue weighted by Gasteiger charge is -2.20. The molecule has 5 heteroatoms. The minimum atomic E-state index is -0.150. The molecule has 3 nitrogen and oxygen atoms in total. The van der Waals surface area contributed by atoms with Gasteiger partial charge in [0.15, 0.2) is 11.3 Å². The van der Waals surface area contributed by atoms with Crippen molar-refractivity contribution in [3.63, 3.8) is 0 Å². The molecule has 1 aromatic carbocycles. The SMILES string of the molecule is O=C(c1cc2cccc(Cl)c2o1)C1CSCCN1. The van der Waals surface area contributed by atoms with Gasteiger partial charge in [-0.3, -0.25) is 4.79 Å². The molecule has 1 aromatic heterocycles. The minimum Gasteiger partial charge on any atom is -0.451 e. The van der Waals surface area contributed by atoms with E-state index in [1.807, 2.05) is 12.1 Å². The molecule has 1 aliphatic heterocycles. The first-order chi connectivity index (χ1) is 8.75. The van der Waals surface area contributed by atoms with Crippen LogP contribution in [0.4, 0.5) is 0 Å². The third kappa shape index (κ3) is 2.16. The molecule has 18 heavy (non-hydrogen) atoms. The van der Waals surface area contributed by atoms with Crippen molar-refractivity contribution in [1.29, 1.82) is 0 Å². The van der Waals surface area contributed by atoms with E-state index >= 15 is 0 Å². The summed E-state index contributed by atoms with van der Waals surface area (Å²) in [5.74, 6) is 2.24. The molecule has 1 N–H and O–H groups in total. The van der Waals surface area contributed by atoms with Crippen LogP contribution >= 0.6 is 23.4 Å². The summed E-state index contributed by atoms with van der Waals surface area (Å²) in [4.78, 5) is 12.3. The second kappa shape index (κ2) is 4.96. The van der Waals surface area contributed by atoms with Crippen molar-refractivity contribution in [2.45, 2.75) is 6.04 Å². The number of furan rings is 1. The average molecular weight is 282 g/mol. The number of hydrogen-bond acceptors (Lipinski definition) is 4. The Morgan fingerprint density at radius 1 is 1.50 bits per heavy atom. The summed E-state index contributed by atoms with van der Waals surface area (Å²) in [6.07, 6.45) is 0. The molecule has 0 radical (unpaired) electrons. The Morgan fingerprint density at radius 3 is 3.11 bits per heavy atom. The summed E-state index contributed by atoms with van der Waals surface area (Å²) in [7, 11) is 0. The van der Waals surface area contributed by atoms with Crippen LogP contribution in [-0.2, 0) is 0 Å². The van der Waals surface area contributed by atoms with Gasteiger partial charge < -0.3 is 9.73 Å². The summed E-state index contributed by atoms with van der Waals surface area (Å²) in [6.45, 7) is 0.863. The van der Waals surface area contributed by atoms with E-state index in [2.05, 4.69) is 5.32 Å². The number of carbonyl (C=O) groups is 1. The highest BCUT2D eigenvalue weighted by molar-refractivity contribution is 7.99. The van der Waals surface area contributed by atoms with E-state index in [-0.39, 0.29) is 11.8 Å². The average Bonchev–Trinajstić information content (AvgIpc) is 2.84. The van der Waals surface area contributed by atoms with E-state index in [0.717, 1.165) is 23.4 Å². The molecular weight excluding hydrogens is 270 g/mol. The van der Waals surface area contributed by atoms with Gasteiger partial charge in [-0.2, -0.15) is 11.8 Å². The van der Waals surface area contributed by atoms with Crippen molar-refractivity contribution in [3.8, 4) is 0 Å². The molecule has 94 valence electrons. The van der Waals surface area contributed by atoms with Crippen molar-refractivity contribution in [2.75, 3.05) is 18.1 Å². The molecule has 3 rings (SSSR count). The Hall–Kier alpha value is -0.970. The lowest BCUT2D eigenvalue weighted by Crippen LogP contribution is -2.43. The van der Waals surface area contributed by atoms with Gasteiger partial charge in [0, 0.05) is 23.4 Å². The molecular formula is C13H12ClNO2S. The second-order valence-electron chi connectivity index (χ2n) is 4.21. The molecule has 0 spiro atoms. The molecule has 1 unspecified atom stereocenters. The second-order valence-corrected chi connectivity index (χ2v) is 5.77. The number of thioether (sulfide) groups is 1. The highest BCUT2D eigenvalue weighted by atomic mass is 35.5. The number of benzene rings is 1. The van der Waals surface area contributed by atoms with Gasteiger partial charge in [-0.15, -0.1) is 0 Å². The first-order valence-corrected chi connectivity index (χ1v) is 7.32. The van der Waals surface area contributed by atoms with Crippen molar-refractivity contribution in [2.24, 2.45) is 0 Å². The van der Waals surface area contributed by atoms with Gasteiger partial charge in [0.1, 0.15) is 0 Å². The summed E-state index contributed by atoms with van der Waals surface area (Å²) in [5.41, 5.74) is 0.589. The topological polar surface area (TPSA) is 42.2 Å². The molecule has 1 atom stereocenters. The maximum atomic E-state index is 12.3. The van der Waals surface area contributed by atoms with E-state index in [4.69, 9.17) is 16.0 Å². The first kappa shape index (κ1) is 12.1. The van der Waals surface area contributed by atoms with Gasteiger partial charge in [0.2, 0.25) is 5.78 Å². The van der Waals surface area contributed by atoms with Crippen LogP contribution in [0.25, 0.3) is 11.0 Å². The summed E-state index contributed by atoms with van der Waals surface area (Å²) < 4.78 is 5.58. The maximum Gasteiger partial charge on any atom is 0.215 e. The van der Waals surface area contributed by atoms with Crippen LogP contribution in [-0.4, -0.2) is 29.9 Å². The third-order valence-corrected chi connectivity index (χ3v) is 4.34. The van der Waals surface area contributed by atoms with Crippen LogP contribution in [0.2, 0.25) is 5.02 Å². The fraction of sp³-hybridized carbons (Fsp3) is 0.308. The number of ketones is 1. The van der Waals surface area contributed by atoms with E-state index in [1.165, 1.54) is 0 Å². The first-order valence-electron chi connectivity index (χ1n) is 5.79. The number of nitrogens with one attached hydrogen (secondary N) is 1. The molecule has 1 fully saturated rings. The predicted octanol–water partition coefficient (Wildman–Crippen LogP) is 2.97. The van der Waals surface area contributed by atoms with Gasteiger partial charge in [-0.25, -0.2) is 0 Å². The molecule has 1 saturated heterocycles. The number of rotatable bonds is 2. The lowest BCUT2D eigenvalue weighted by molar-refractivity contribution is 0.0927. The maximum absolute atomic E-state index is 12.3. The Morgan fingerprint density at radius 2 is 2.39 bits per heavy atom. The zero-order valence-electron chi connectivity index (χ0n) is 9.61. The van der Waals surface area contributed by atoms with Crippen molar-refractivity contribution in [3.05, 3.63) is 35.0 Å². The molecule has 0 bridgehead atoms. The zero-order chi connectivity index (χ0) is 12.5. The predicted molar refractivity (Wildman–Crippen MR) is 74.7 cm³/mol. The van der Waals surface area contributed by atoms with Crippen LogP contribution in [0, 0.1) is 0 Å². The molecule has 0 saturated carbocycles. The highest BCUT2D eigenvalue weighted by Gasteiger charge is 2.25. The Kier molecular flexibility index (Phi) is 3.33. The van der Waals surface area contributed by atoms with Crippen LogP contribution in [0.1, 0.15) is 10.6 Å². The summed E-state index contributed by atoms with van der Waals surface area (Å²) >= 11 is 7.82. The van der Waals surface area contributed by atoms with Gasteiger partial charge in [-0.05, 0) is 12.1 Å². The largest absolute Gasteiger partial charge is 0.451 e. The standard InChI is InChI=1S/C13H12ClNO2S/c14-9-3-1-2-8-6-11(17-13(8)9)12(16)10-7-18-5-4-15-10/h1-3,6,10,15H,4-5,7H2. The Balaban J connectivity index is 1.94. The van der Waals surface area contributed by atoms with E-state index < -0.39 is 0 Å². The van der Waals surface area contributed by atoms with Crippen LogP contribution in [0.3, 0.4) is 0 Å². The summed E-state index contributed by atoms with van der Waals surface area (Å²) in [5, 5.41) is 4.62. The van der Waals surface area contributed by atoms with Crippen LogP contribution < -0.4 is 5.32 Å². The molecule has 0 aliphatic carbocycles. The number of fused-ring (bicyclic) bond motifs is 1. The van der Waals surface area contributed by atoms with Crippen molar-refractivity contribution < 1.29 is 9.21 Å². The number of Topliss-reactive ketones (excluding diaryl/α,β-unsaturated/α-hetero) is 1. The van der Waals surface area contributed by atoms with Crippen LogP contribution in [0.5, 0.6) is 0 Å². The van der Waals surface area contributed by atoms with E-state index in [9.17, 15) is 4.79 Å². The monoisotopic (exact) mass is 281 g/mol. The summed E-state index contributed by atoms with van der Waals surface area (Å²) in [6, 6.07) is 7.12. The number of halogens is 1. The smallest absolute Gasteiger partial charge is 0.215 e. The number of para-hydroxylation sites is 1. The Labute approximate surface area is 114 Å². The van der Waals surface area contributed by atoms with E-state index in [1.54, 1.807) is 23.9 Å². The minimum absolute atomic E-state index is 0.00877. The fourth-order valence-corrected chi connectivity index (χ4v) is 3.21. The van der Waals surface area contributed by atoms with Crippen LogP contribution in [0.15, 0.2) is 28.7 Å². The third-order valence-electron chi connectivity index (χ3n) is 2.98. The van der Waals surface area contributed by atoms with Crippen molar-refractivity contribution >= 4 is 40.1 Å². The van der Waals surface area contributed by atoms with E-state index in [0.29, 0.717) is 16.4 Å². The number of hydrogen-bond donors (Lipinski definition) is 1. The van der Waals surface area contributed by atoms with Gasteiger partial charge in [0.25, 0.3) is 0 Å². The lowest BCUT2D eigenvalue weighted by atomic mass is 10.1.